The molecule has 2 saturated heterocycles. The predicted molar refractivity (Wildman–Crippen MR) is 145 cm³/mol. The van der Waals surface area contributed by atoms with Gasteiger partial charge < -0.3 is 34.7 Å². The molecule has 3 aromatic rings. The van der Waals surface area contributed by atoms with E-state index in [1.54, 1.807) is 6.92 Å². The number of benzene rings is 1. The summed E-state index contributed by atoms with van der Waals surface area (Å²) in [6.45, 7) is -0.748. The summed E-state index contributed by atoms with van der Waals surface area (Å²) in [5.74, 6) is -0.0791. The van der Waals surface area contributed by atoms with Gasteiger partial charge in [0.05, 0.1) is 20.0 Å². The molecule has 0 radical (unpaired) electrons. The summed E-state index contributed by atoms with van der Waals surface area (Å²) >= 11 is 1.05. The van der Waals surface area contributed by atoms with Crippen LogP contribution in [0.1, 0.15) is 38.2 Å². The monoisotopic (exact) mass is 594 g/mol. The highest BCUT2D eigenvalue weighted by Gasteiger charge is 2.54. The minimum Gasteiger partial charge on any atom is -0.479 e. The molecule has 0 amide bonds. The fourth-order valence-corrected chi connectivity index (χ4v) is 8.46. The van der Waals surface area contributed by atoms with Gasteiger partial charge in [-0.1, -0.05) is 41.7 Å². The molecular formula is C24H31N6O8PS. The van der Waals surface area contributed by atoms with E-state index in [4.69, 9.17) is 24.5 Å². The number of anilines is 1. The first-order valence-corrected chi connectivity index (χ1v) is 15.8. The molecule has 2 fully saturated rings. The number of rotatable bonds is 8. The lowest BCUT2D eigenvalue weighted by molar-refractivity contribution is -0.150. The number of hydrogen-bond donors (Lipinski definition) is 4. The highest BCUT2D eigenvalue weighted by Crippen LogP contribution is 2.59. The van der Waals surface area contributed by atoms with Gasteiger partial charge in [0, 0.05) is 5.75 Å². The number of nitrogens with zero attached hydrogens (tertiary/aromatic N) is 4. The van der Waals surface area contributed by atoms with Crippen molar-refractivity contribution in [3.63, 3.8) is 0 Å². The Bertz CT molecular complexity index is 1430. The minimum absolute atomic E-state index is 0.0751. The van der Waals surface area contributed by atoms with E-state index < -0.39 is 48.9 Å². The van der Waals surface area contributed by atoms with E-state index in [2.05, 4.69) is 20.0 Å². The summed E-state index contributed by atoms with van der Waals surface area (Å²) in [4.78, 5) is 25.2. The van der Waals surface area contributed by atoms with Crippen molar-refractivity contribution in [3.05, 3.63) is 42.2 Å². The van der Waals surface area contributed by atoms with Crippen LogP contribution in [0.3, 0.4) is 0 Å². The zero-order valence-electron chi connectivity index (χ0n) is 22.0. The highest BCUT2D eigenvalue weighted by atomic mass is 32.7. The van der Waals surface area contributed by atoms with E-state index in [0.29, 0.717) is 12.2 Å². The van der Waals surface area contributed by atoms with Crippen LogP contribution >= 0.6 is 18.1 Å². The third-order valence-corrected chi connectivity index (χ3v) is 10.9. The van der Waals surface area contributed by atoms with Crippen molar-refractivity contribution in [1.82, 2.24) is 24.6 Å². The van der Waals surface area contributed by atoms with Crippen LogP contribution in [-0.4, -0.2) is 79.0 Å². The van der Waals surface area contributed by atoms with Crippen molar-refractivity contribution in [1.29, 1.82) is 0 Å². The Balaban J connectivity index is 1.25. The van der Waals surface area contributed by atoms with E-state index in [-0.39, 0.29) is 29.6 Å². The molecule has 0 aliphatic carbocycles. The van der Waals surface area contributed by atoms with Gasteiger partial charge in [0.15, 0.2) is 17.4 Å². The molecule has 14 nitrogen and oxygen atoms in total. The molecular weight excluding hydrogens is 563 g/mol. The van der Waals surface area contributed by atoms with Crippen molar-refractivity contribution < 1.29 is 38.3 Å². The van der Waals surface area contributed by atoms with Crippen LogP contribution in [0.5, 0.6) is 5.88 Å². The molecule has 2 aliphatic heterocycles. The first-order chi connectivity index (χ1) is 19.0. The molecule has 2 aromatic heterocycles. The van der Waals surface area contributed by atoms with Gasteiger partial charge in [0.1, 0.15) is 30.0 Å². The number of hydrogen-bond acceptors (Lipinski definition) is 13. The Morgan fingerprint density at radius 2 is 2.12 bits per heavy atom. The highest BCUT2D eigenvalue weighted by molar-refractivity contribution is 8.56. The van der Waals surface area contributed by atoms with E-state index in [0.717, 1.165) is 16.9 Å². The number of methoxy groups -OCH3 is 1. The maximum Gasteiger partial charge on any atom is 0.327 e. The first kappa shape index (κ1) is 28.7. The molecule has 4 heterocycles. The molecule has 216 valence electrons. The summed E-state index contributed by atoms with van der Waals surface area (Å²) in [6, 6.07) is 8.46. The molecule has 1 aromatic carbocycles. The smallest absolute Gasteiger partial charge is 0.327 e. The topological polar surface area (TPSA) is 193 Å². The van der Waals surface area contributed by atoms with Crippen molar-refractivity contribution in [2.75, 3.05) is 25.2 Å². The number of fused-ring (bicyclic) bond motifs is 1. The fourth-order valence-electron chi connectivity index (χ4n) is 4.65. The SMILES string of the molecule is COc1nc(N)nc2c1ncn2[C@@H]1O[C@H](COP2(=O)N[C@@H](C(=O)O[C@@H](C)c3ccccc3)CCS2)[C@@H](O)[C@@]1(C)O. The normalized spacial score (nSPS) is 31.2. The predicted octanol–water partition coefficient (Wildman–Crippen LogP) is 1.95. The number of ether oxygens (including phenoxy) is 3. The largest absolute Gasteiger partial charge is 0.479 e. The lowest BCUT2D eigenvalue weighted by Crippen LogP contribution is -2.44. The van der Waals surface area contributed by atoms with Gasteiger partial charge in [-0.3, -0.25) is 13.9 Å². The van der Waals surface area contributed by atoms with Gasteiger partial charge in [0.25, 0.3) is 0 Å². The van der Waals surface area contributed by atoms with Gasteiger partial charge in [-0.15, -0.1) is 0 Å². The number of nitrogens with one attached hydrogen (secondary N) is 1. The van der Waals surface area contributed by atoms with E-state index in [1.165, 1.54) is 24.9 Å². The van der Waals surface area contributed by atoms with E-state index in [9.17, 15) is 19.6 Å². The second-order valence-corrected chi connectivity index (χ2v) is 14.1. The van der Waals surface area contributed by atoms with Crippen LogP contribution in [0.15, 0.2) is 36.7 Å². The number of aromatic nitrogens is 4. The molecule has 0 spiro atoms. The van der Waals surface area contributed by atoms with Gasteiger partial charge in [-0.25, -0.2) is 10.1 Å². The van der Waals surface area contributed by atoms with Crippen LogP contribution < -0.4 is 15.6 Å². The summed E-state index contributed by atoms with van der Waals surface area (Å²) in [6.07, 6.45) is -2.35. The third-order valence-electron chi connectivity index (χ3n) is 6.84. The van der Waals surface area contributed by atoms with Crippen LogP contribution in [0.4, 0.5) is 5.95 Å². The average molecular weight is 595 g/mol. The number of aliphatic hydroxyl groups excluding tert-OH is 1. The summed E-state index contributed by atoms with van der Waals surface area (Å²) in [7, 11) is 1.41. The van der Waals surface area contributed by atoms with Crippen LogP contribution in [-0.2, 0) is 23.4 Å². The number of carbonyl (C=O) groups excluding carboxylic acids is 1. The maximum atomic E-state index is 13.5. The number of imidazole rings is 1. The van der Waals surface area contributed by atoms with Crippen molar-refractivity contribution in [2.24, 2.45) is 0 Å². The van der Waals surface area contributed by atoms with Crippen LogP contribution in [0, 0.1) is 0 Å². The molecule has 0 saturated carbocycles. The van der Waals surface area contributed by atoms with Gasteiger partial charge in [-0.2, -0.15) is 9.97 Å². The van der Waals surface area contributed by atoms with Gasteiger partial charge >= 0.3 is 12.7 Å². The van der Waals surface area contributed by atoms with Gasteiger partial charge in [0.2, 0.25) is 11.8 Å². The molecule has 0 bridgehead atoms. The Morgan fingerprint density at radius 1 is 1.38 bits per heavy atom. The number of aliphatic hydroxyl groups is 2. The number of esters is 1. The molecule has 16 heteroatoms. The zero-order valence-corrected chi connectivity index (χ0v) is 23.7. The quantitative estimate of drug-likeness (QED) is 0.218. The summed E-state index contributed by atoms with van der Waals surface area (Å²) < 4.78 is 37.4. The molecule has 5 rings (SSSR count). The minimum atomic E-state index is -3.58. The standard InChI is InChI=1S/C24H31N6O8PS/c1-13(14-7-5-4-6-8-14)37-21(32)15-9-10-40-39(34,29-15)36-11-16-18(31)24(2,33)22(38-16)30-12-26-17-19(30)27-23(25)28-20(17)35-3/h4-8,12-13,15-16,18,22,31,33H,9-11H2,1-3H3,(H,29,34)(H2,25,27,28)/t13-,15+,16+,18+,22+,24+,39?/m0/s1. The summed E-state index contributed by atoms with van der Waals surface area (Å²) in [5.41, 5.74) is 5.34. The summed E-state index contributed by atoms with van der Waals surface area (Å²) in [5, 5.41) is 24.9. The van der Waals surface area contributed by atoms with Gasteiger partial charge in [-0.05, 0) is 25.8 Å². The zero-order chi connectivity index (χ0) is 28.7. The van der Waals surface area contributed by atoms with Crippen LogP contribution in [0.2, 0.25) is 0 Å². The molecule has 7 atom stereocenters. The number of nitrogen functional groups attached to an aromatic ring is 1. The second kappa shape index (κ2) is 11.2. The van der Waals surface area contributed by atoms with E-state index >= 15 is 0 Å². The first-order valence-electron chi connectivity index (χ1n) is 12.5. The lowest BCUT2D eigenvalue weighted by atomic mass is 9.96. The van der Waals surface area contributed by atoms with Crippen molar-refractivity contribution >= 4 is 41.2 Å². The third kappa shape index (κ3) is 5.55. The van der Waals surface area contributed by atoms with E-state index in [1.807, 2.05) is 30.3 Å². The van der Waals surface area contributed by atoms with Crippen molar-refractivity contribution in [2.45, 2.75) is 56.5 Å². The molecule has 5 N–H and O–H groups in total. The second-order valence-electron chi connectivity index (χ2n) is 9.70. The molecule has 40 heavy (non-hydrogen) atoms. The number of nitrogens with two attached hydrogens (primary N) is 1. The van der Waals surface area contributed by atoms with Crippen LogP contribution in [0.25, 0.3) is 11.2 Å². The molecule has 2 aliphatic rings. The lowest BCUT2D eigenvalue weighted by Gasteiger charge is -2.30. The maximum absolute atomic E-state index is 13.5. The average Bonchev–Trinajstić information content (AvgIpc) is 3.45. The Morgan fingerprint density at radius 3 is 2.85 bits per heavy atom. The number of carbonyl (C=O) groups is 1. The Labute approximate surface area is 233 Å². The Hall–Kier alpha value is -2.78. The Kier molecular flexibility index (Phi) is 8.08. The fraction of sp³-hybridized carbons (Fsp3) is 0.500. The van der Waals surface area contributed by atoms with Crippen molar-refractivity contribution in [3.8, 4) is 5.88 Å². The molecule has 1 unspecified atom stereocenters.